The Balaban J connectivity index is 0.967. The molecule has 11 heteroatoms. The van der Waals surface area contributed by atoms with Crippen molar-refractivity contribution in [3.8, 4) is 17.2 Å². The SMILES string of the molecule is CCN(C(=O)c1cc(F)ccc1Oc1cncnc1N1CC2(CC(Oc3ccnc4c3CN(CCC3CN(C)C3)CC4)C2)C1)C(C)C. The maximum absolute atomic E-state index is 14.3. The number of nitrogens with zero attached hydrogens (tertiary/aromatic N) is 7. The molecule has 0 unspecified atom stereocenters. The third-order valence-electron chi connectivity index (χ3n) is 10.4. The van der Waals surface area contributed by atoms with E-state index in [0.717, 1.165) is 63.7 Å². The molecule has 5 heterocycles. The minimum absolute atomic E-state index is 0.0326. The predicted molar refractivity (Wildman–Crippen MR) is 177 cm³/mol. The van der Waals surface area contributed by atoms with Gasteiger partial charge in [0.25, 0.3) is 5.91 Å². The Labute approximate surface area is 276 Å². The molecule has 0 atom stereocenters. The molecule has 1 amide bonds. The molecule has 250 valence electrons. The van der Waals surface area contributed by atoms with E-state index in [0.29, 0.717) is 18.1 Å². The normalized spacial score (nSPS) is 19.6. The summed E-state index contributed by atoms with van der Waals surface area (Å²) in [6, 6.07) is 6.06. The number of carbonyl (C=O) groups is 1. The largest absolute Gasteiger partial charge is 0.490 e. The highest BCUT2D eigenvalue weighted by Crippen LogP contribution is 2.52. The topological polar surface area (TPSA) is 87.2 Å². The van der Waals surface area contributed by atoms with Crippen LogP contribution in [-0.2, 0) is 13.0 Å². The van der Waals surface area contributed by atoms with Crippen LogP contribution in [0.25, 0.3) is 0 Å². The number of aromatic nitrogens is 3. The standard InChI is InChI=1S/C36H46FN7O3/c1-5-44(24(2)3)35(45)28-14-26(37)6-7-31(28)47-33-17-38-23-40-34(33)43-21-36(22-43)15-27(16-36)46-32-8-11-39-30-10-13-42(20-29(30)32)12-9-25-18-41(4)19-25/h6-8,11,14,17,23-25,27H,5,9-10,12-13,15-16,18-22H2,1-4H3. The Morgan fingerprint density at radius 2 is 1.94 bits per heavy atom. The van der Waals surface area contributed by atoms with Crippen molar-refractivity contribution in [3.63, 3.8) is 0 Å². The number of halogens is 1. The number of benzene rings is 1. The highest BCUT2D eigenvalue weighted by atomic mass is 19.1. The first-order valence-electron chi connectivity index (χ1n) is 17.1. The van der Waals surface area contributed by atoms with Gasteiger partial charge in [-0.2, -0.15) is 0 Å². The van der Waals surface area contributed by atoms with Gasteiger partial charge >= 0.3 is 0 Å². The molecule has 3 aromatic rings. The van der Waals surface area contributed by atoms with Gasteiger partial charge in [-0.25, -0.2) is 14.4 Å². The van der Waals surface area contributed by atoms with Crippen molar-refractivity contribution in [1.82, 2.24) is 29.7 Å². The quantitative estimate of drug-likeness (QED) is 0.286. The summed E-state index contributed by atoms with van der Waals surface area (Å²) in [6.45, 7) is 13.5. The van der Waals surface area contributed by atoms with Crippen LogP contribution >= 0.6 is 0 Å². The molecule has 0 N–H and O–H groups in total. The van der Waals surface area contributed by atoms with Crippen LogP contribution in [0.5, 0.6) is 17.2 Å². The Kier molecular flexibility index (Phi) is 8.78. The van der Waals surface area contributed by atoms with Crippen LogP contribution in [0.2, 0.25) is 0 Å². The van der Waals surface area contributed by atoms with E-state index in [1.54, 1.807) is 11.1 Å². The Morgan fingerprint density at radius 3 is 2.68 bits per heavy atom. The number of carbonyl (C=O) groups excluding carboxylic acids is 1. The zero-order valence-corrected chi connectivity index (χ0v) is 28.0. The van der Waals surface area contributed by atoms with Gasteiger partial charge in [0, 0.05) is 81.1 Å². The highest BCUT2D eigenvalue weighted by Gasteiger charge is 2.54. The van der Waals surface area contributed by atoms with E-state index in [1.807, 2.05) is 33.0 Å². The Hall–Kier alpha value is -3.83. The van der Waals surface area contributed by atoms with Crippen LogP contribution in [0.4, 0.5) is 10.2 Å². The second-order valence-corrected chi connectivity index (χ2v) is 14.3. The number of pyridine rings is 1. The molecular weight excluding hydrogens is 597 g/mol. The number of rotatable bonds is 11. The van der Waals surface area contributed by atoms with Crippen molar-refractivity contribution < 1.29 is 18.7 Å². The van der Waals surface area contributed by atoms with Gasteiger partial charge in [-0.15, -0.1) is 0 Å². The maximum Gasteiger partial charge on any atom is 0.257 e. The maximum atomic E-state index is 14.3. The molecule has 0 radical (unpaired) electrons. The van der Waals surface area contributed by atoms with Crippen LogP contribution in [0.15, 0.2) is 43.0 Å². The second kappa shape index (κ2) is 13.0. The highest BCUT2D eigenvalue weighted by molar-refractivity contribution is 5.97. The Bertz CT molecular complexity index is 1600. The van der Waals surface area contributed by atoms with Gasteiger partial charge in [0.2, 0.25) is 0 Å². The van der Waals surface area contributed by atoms with Crippen molar-refractivity contribution >= 4 is 11.7 Å². The van der Waals surface area contributed by atoms with Crippen LogP contribution in [0, 0.1) is 17.2 Å². The summed E-state index contributed by atoms with van der Waals surface area (Å²) < 4.78 is 27.2. The summed E-state index contributed by atoms with van der Waals surface area (Å²) in [6.07, 6.45) is 9.40. The third-order valence-corrected chi connectivity index (χ3v) is 10.4. The molecule has 3 fully saturated rings. The zero-order valence-electron chi connectivity index (χ0n) is 28.0. The monoisotopic (exact) mass is 643 g/mol. The fraction of sp³-hybridized carbons (Fsp3) is 0.556. The van der Waals surface area contributed by atoms with Gasteiger partial charge in [-0.05, 0) is 83.8 Å². The van der Waals surface area contributed by atoms with Crippen LogP contribution < -0.4 is 14.4 Å². The van der Waals surface area contributed by atoms with Gasteiger partial charge in [0.1, 0.15) is 29.7 Å². The van der Waals surface area contributed by atoms with Crippen molar-refractivity contribution in [2.45, 2.75) is 65.1 Å². The average Bonchev–Trinajstić information content (AvgIpc) is 3.00. The number of ether oxygens (including phenoxy) is 2. The fourth-order valence-electron chi connectivity index (χ4n) is 7.88. The minimum Gasteiger partial charge on any atom is -0.490 e. The molecule has 7 rings (SSSR count). The lowest BCUT2D eigenvalue weighted by molar-refractivity contribution is -0.0353. The summed E-state index contributed by atoms with van der Waals surface area (Å²) in [5.41, 5.74) is 2.80. The Morgan fingerprint density at radius 1 is 1.13 bits per heavy atom. The minimum atomic E-state index is -0.488. The predicted octanol–water partition coefficient (Wildman–Crippen LogP) is 5.03. The molecule has 0 bridgehead atoms. The first-order valence-corrected chi connectivity index (χ1v) is 17.1. The lowest BCUT2D eigenvalue weighted by Gasteiger charge is -2.59. The molecule has 2 aromatic heterocycles. The van der Waals surface area contributed by atoms with Gasteiger partial charge in [-0.1, -0.05) is 0 Å². The summed E-state index contributed by atoms with van der Waals surface area (Å²) >= 11 is 0. The first kappa shape index (κ1) is 31.8. The number of amides is 1. The summed E-state index contributed by atoms with van der Waals surface area (Å²) in [4.78, 5) is 35.6. The van der Waals surface area contributed by atoms with Crippen molar-refractivity contribution in [1.29, 1.82) is 0 Å². The van der Waals surface area contributed by atoms with Gasteiger partial charge in [-0.3, -0.25) is 14.7 Å². The van der Waals surface area contributed by atoms with Crippen molar-refractivity contribution in [2.24, 2.45) is 11.3 Å². The van der Waals surface area contributed by atoms with Crippen LogP contribution in [0.1, 0.15) is 61.6 Å². The molecule has 4 aliphatic rings. The average molecular weight is 644 g/mol. The zero-order chi connectivity index (χ0) is 32.7. The second-order valence-electron chi connectivity index (χ2n) is 14.3. The van der Waals surface area contributed by atoms with Crippen molar-refractivity contribution in [2.75, 3.05) is 57.8 Å². The molecule has 1 spiro atoms. The lowest BCUT2D eigenvalue weighted by atomic mass is 9.61. The third kappa shape index (κ3) is 6.52. The lowest BCUT2D eigenvalue weighted by Crippen LogP contribution is -2.65. The molecule has 10 nitrogen and oxygen atoms in total. The smallest absolute Gasteiger partial charge is 0.257 e. The van der Waals surface area contributed by atoms with Crippen LogP contribution in [0.3, 0.4) is 0 Å². The van der Waals surface area contributed by atoms with Crippen molar-refractivity contribution in [3.05, 3.63) is 65.6 Å². The van der Waals surface area contributed by atoms with E-state index in [2.05, 4.69) is 31.7 Å². The molecule has 1 saturated carbocycles. The van der Waals surface area contributed by atoms with E-state index in [1.165, 1.54) is 55.3 Å². The summed E-state index contributed by atoms with van der Waals surface area (Å²) in [5.74, 6) is 2.46. The molecule has 47 heavy (non-hydrogen) atoms. The van der Waals surface area contributed by atoms with E-state index in [-0.39, 0.29) is 34.8 Å². The molecule has 1 aliphatic carbocycles. The van der Waals surface area contributed by atoms with Gasteiger partial charge in [0.15, 0.2) is 11.6 Å². The number of hydrogen-bond acceptors (Lipinski definition) is 9. The number of hydrogen-bond donors (Lipinski definition) is 0. The van der Waals surface area contributed by atoms with E-state index in [9.17, 15) is 9.18 Å². The molecule has 1 aromatic carbocycles. The summed E-state index contributed by atoms with van der Waals surface area (Å²) in [7, 11) is 2.19. The van der Waals surface area contributed by atoms with Gasteiger partial charge < -0.3 is 24.2 Å². The first-order chi connectivity index (χ1) is 22.7. The summed E-state index contributed by atoms with van der Waals surface area (Å²) in [5, 5.41) is 0. The molecular formula is C36H46FN7O3. The van der Waals surface area contributed by atoms with E-state index in [4.69, 9.17) is 14.5 Å². The number of likely N-dealkylation sites (tertiary alicyclic amines) is 1. The van der Waals surface area contributed by atoms with Crippen LogP contribution in [-0.4, -0.2) is 101 Å². The van der Waals surface area contributed by atoms with Gasteiger partial charge in [0.05, 0.1) is 11.8 Å². The van der Waals surface area contributed by atoms with E-state index >= 15 is 0 Å². The number of anilines is 1. The number of fused-ring (bicyclic) bond motifs is 1. The molecule has 2 saturated heterocycles. The van der Waals surface area contributed by atoms with E-state index < -0.39 is 5.82 Å². The molecule has 3 aliphatic heterocycles. The fourth-order valence-corrected chi connectivity index (χ4v) is 7.88.